The molecule has 144 valence electrons. The highest BCUT2D eigenvalue weighted by molar-refractivity contribution is 5.95. The topological polar surface area (TPSA) is 73.2 Å². The Labute approximate surface area is 153 Å². The van der Waals surface area contributed by atoms with Crippen LogP contribution >= 0.6 is 0 Å². The lowest BCUT2D eigenvalue weighted by molar-refractivity contribution is -0.142. The quantitative estimate of drug-likeness (QED) is 0.637. The van der Waals surface area contributed by atoms with E-state index in [1.54, 1.807) is 25.6 Å². The first-order valence-corrected chi connectivity index (χ1v) is 7.90. The molecule has 27 heavy (non-hydrogen) atoms. The molecule has 9 heteroatoms. The van der Waals surface area contributed by atoms with Gasteiger partial charge in [-0.05, 0) is 37.6 Å². The molecule has 0 spiro atoms. The number of carbonyl (C=O) groups excluding carboxylic acids is 2. The number of hydrogen-bond donors (Lipinski definition) is 1. The smallest absolute Gasteiger partial charge is 0.416 e. The molecule has 2 aromatic rings. The third kappa shape index (κ3) is 5.44. The van der Waals surface area contributed by atoms with Crippen LogP contribution in [0.15, 0.2) is 30.3 Å². The fourth-order valence-corrected chi connectivity index (χ4v) is 2.30. The SMILES string of the molecule is Cc1nn(C)c(C)c1NC(=O)COC(=O)/C=C/c1cccc(C(F)(F)F)c1. The van der Waals surface area contributed by atoms with Crippen molar-refractivity contribution in [1.82, 2.24) is 9.78 Å². The third-order valence-corrected chi connectivity index (χ3v) is 3.74. The number of esters is 1. The Morgan fingerprint density at radius 3 is 2.59 bits per heavy atom. The number of ether oxygens (including phenoxy) is 1. The zero-order valence-corrected chi connectivity index (χ0v) is 14.9. The van der Waals surface area contributed by atoms with Crippen LogP contribution in [0, 0.1) is 13.8 Å². The number of alkyl halides is 3. The van der Waals surface area contributed by atoms with Crippen molar-refractivity contribution in [2.45, 2.75) is 20.0 Å². The van der Waals surface area contributed by atoms with E-state index in [4.69, 9.17) is 4.74 Å². The second kappa shape index (κ2) is 8.07. The van der Waals surface area contributed by atoms with Crippen molar-refractivity contribution in [2.75, 3.05) is 11.9 Å². The van der Waals surface area contributed by atoms with Gasteiger partial charge >= 0.3 is 12.1 Å². The van der Waals surface area contributed by atoms with E-state index >= 15 is 0 Å². The van der Waals surface area contributed by atoms with Gasteiger partial charge in [0, 0.05) is 13.1 Å². The maximum atomic E-state index is 12.6. The lowest BCUT2D eigenvalue weighted by atomic mass is 10.1. The number of rotatable bonds is 5. The van der Waals surface area contributed by atoms with Crippen LogP contribution in [0.1, 0.15) is 22.5 Å². The Balaban J connectivity index is 1.90. The number of carbonyl (C=O) groups is 2. The summed E-state index contributed by atoms with van der Waals surface area (Å²) < 4.78 is 44.3. The Kier molecular flexibility index (Phi) is 6.04. The highest BCUT2D eigenvalue weighted by atomic mass is 19.4. The van der Waals surface area contributed by atoms with E-state index in [1.807, 2.05) is 0 Å². The number of aromatic nitrogens is 2. The number of nitrogens with one attached hydrogen (secondary N) is 1. The minimum atomic E-state index is -4.47. The van der Waals surface area contributed by atoms with E-state index < -0.39 is 30.2 Å². The Morgan fingerprint density at radius 2 is 2.00 bits per heavy atom. The van der Waals surface area contributed by atoms with E-state index in [-0.39, 0.29) is 5.56 Å². The summed E-state index contributed by atoms with van der Waals surface area (Å²) in [7, 11) is 1.73. The number of halogens is 3. The molecular formula is C18H18F3N3O3. The van der Waals surface area contributed by atoms with Crippen LogP contribution in [-0.2, 0) is 27.5 Å². The van der Waals surface area contributed by atoms with Crippen molar-refractivity contribution in [2.24, 2.45) is 7.05 Å². The van der Waals surface area contributed by atoms with Gasteiger partial charge in [0.15, 0.2) is 6.61 Å². The molecule has 2 rings (SSSR count). The van der Waals surface area contributed by atoms with E-state index in [9.17, 15) is 22.8 Å². The van der Waals surface area contributed by atoms with Crippen molar-refractivity contribution < 1.29 is 27.5 Å². The highest BCUT2D eigenvalue weighted by Crippen LogP contribution is 2.29. The molecule has 1 amide bonds. The molecule has 0 aliphatic carbocycles. The maximum absolute atomic E-state index is 12.6. The average Bonchev–Trinajstić information content (AvgIpc) is 2.84. The number of nitrogens with zero attached hydrogens (tertiary/aromatic N) is 2. The molecular weight excluding hydrogens is 363 g/mol. The van der Waals surface area contributed by atoms with Crippen LogP contribution in [0.3, 0.4) is 0 Å². The first-order chi connectivity index (χ1) is 12.6. The van der Waals surface area contributed by atoms with Crippen LogP contribution in [0.25, 0.3) is 6.08 Å². The summed E-state index contributed by atoms with van der Waals surface area (Å²) in [6.07, 6.45) is -2.32. The van der Waals surface area contributed by atoms with Crippen LogP contribution < -0.4 is 5.32 Å². The van der Waals surface area contributed by atoms with Crippen molar-refractivity contribution in [3.63, 3.8) is 0 Å². The van der Waals surface area contributed by atoms with Gasteiger partial charge in [0.05, 0.1) is 22.6 Å². The van der Waals surface area contributed by atoms with Crippen LogP contribution in [0.2, 0.25) is 0 Å². The van der Waals surface area contributed by atoms with Crippen molar-refractivity contribution in [3.05, 3.63) is 52.9 Å². The molecule has 0 saturated heterocycles. The summed E-state index contributed by atoms with van der Waals surface area (Å²) in [5.74, 6) is -1.39. The first-order valence-electron chi connectivity index (χ1n) is 7.90. The molecule has 0 saturated carbocycles. The summed E-state index contributed by atoms with van der Waals surface area (Å²) in [6, 6.07) is 4.49. The predicted molar refractivity (Wildman–Crippen MR) is 92.7 cm³/mol. The van der Waals surface area contributed by atoms with Gasteiger partial charge in [-0.2, -0.15) is 18.3 Å². The van der Waals surface area contributed by atoms with Gasteiger partial charge < -0.3 is 10.1 Å². The Hall–Kier alpha value is -3.10. The number of anilines is 1. The largest absolute Gasteiger partial charge is 0.452 e. The van der Waals surface area contributed by atoms with Crippen molar-refractivity contribution >= 4 is 23.6 Å². The highest BCUT2D eigenvalue weighted by Gasteiger charge is 2.30. The van der Waals surface area contributed by atoms with Crippen molar-refractivity contribution in [1.29, 1.82) is 0 Å². The second-order valence-electron chi connectivity index (χ2n) is 5.78. The molecule has 0 atom stereocenters. The molecule has 0 radical (unpaired) electrons. The van der Waals surface area contributed by atoms with E-state index in [0.717, 1.165) is 23.9 Å². The van der Waals surface area contributed by atoms with Crippen LogP contribution in [0.5, 0.6) is 0 Å². The number of amides is 1. The van der Waals surface area contributed by atoms with Crippen LogP contribution in [0.4, 0.5) is 18.9 Å². The Bertz CT molecular complexity index is 886. The minimum absolute atomic E-state index is 0.188. The average molecular weight is 381 g/mol. The zero-order chi connectivity index (χ0) is 20.2. The van der Waals surface area contributed by atoms with Crippen molar-refractivity contribution in [3.8, 4) is 0 Å². The summed E-state index contributed by atoms with van der Waals surface area (Å²) in [5, 5.41) is 6.75. The number of aryl methyl sites for hydroxylation is 2. The number of benzene rings is 1. The summed E-state index contributed by atoms with van der Waals surface area (Å²) in [5.41, 5.74) is 1.28. The van der Waals surface area contributed by atoms with Gasteiger partial charge in [-0.25, -0.2) is 4.79 Å². The molecule has 1 heterocycles. The molecule has 6 nitrogen and oxygen atoms in total. The minimum Gasteiger partial charge on any atom is -0.452 e. The van der Waals surface area contributed by atoms with E-state index in [2.05, 4.69) is 10.4 Å². The van der Waals surface area contributed by atoms with E-state index in [1.165, 1.54) is 18.2 Å². The zero-order valence-electron chi connectivity index (χ0n) is 14.9. The van der Waals surface area contributed by atoms with Gasteiger partial charge in [-0.15, -0.1) is 0 Å². The lowest BCUT2D eigenvalue weighted by Crippen LogP contribution is -2.20. The molecule has 0 fully saturated rings. The second-order valence-corrected chi connectivity index (χ2v) is 5.78. The molecule has 1 aromatic heterocycles. The van der Waals surface area contributed by atoms with Gasteiger partial charge in [-0.3, -0.25) is 9.48 Å². The summed E-state index contributed by atoms with van der Waals surface area (Å²) in [4.78, 5) is 23.6. The molecule has 1 N–H and O–H groups in total. The lowest BCUT2D eigenvalue weighted by Gasteiger charge is -2.07. The summed E-state index contributed by atoms with van der Waals surface area (Å²) >= 11 is 0. The maximum Gasteiger partial charge on any atom is 0.416 e. The molecule has 0 bridgehead atoms. The van der Waals surface area contributed by atoms with Gasteiger partial charge in [-0.1, -0.05) is 12.1 Å². The predicted octanol–water partition coefficient (Wildman–Crippen LogP) is 3.25. The normalized spacial score (nSPS) is 11.6. The van der Waals surface area contributed by atoms with Gasteiger partial charge in [0.1, 0.15) is 0 Å². The molecule has 0 aliphatic heterocycles. The van der Waals surface area contributed by atoms with Crippen LogP contribution in [-0.4, -0.2) is 28.3 Å². The fraction of sp³-hybridized carbons (Fsp3) is 0.278. The number of hydrogen-bond acceptors (Lipinski definition) is 4. The first kappa shape index (κ1) is 20.2. The fourth-order valence-electron chi connectivity index (χ4n) is 2.30. The monoisotopic (exact) mass is 381 g/mol. The van der Waals surface area contributed by atoms with Gasteiger partial charge in [0.2, 0.25) is 0 Å². The summed E-state index contributed by atoms with van der Waals surface area (Å²) in [6.45, 7) is 2.98. The Morgan fingerprint density at radius 1 is 1.30 bits per heavy atom. The molecule has 0 unspecified atom stereocenters. The van der Waals surface area contributed by atoms with E-state index in [0.29, 0.717) is 11.4 Å². The standard InChI is InChI=1S/C18H18F3N3O3/c1-11-17(12(2)24(3)23-11)22-15(25)10-27-16(26)8-7-13-5-4-6-14(9-13)18(19,20)21/h4-9H,10H2,1-3H3,(H,22,25)/b8-7+. The molecule has 1 aromatic carbocycles. The van der Waals surface area contributed by atoms with Gasteiger partial charge in [0.25, 0.3) is 5.91 Å². The third-order valence-electron chi connectivity index (χ3n) is 3.74. The molecule has 0 aliphatic rings.